The van der Waals surface area contributed by atoms with Crippen molar-refractivity contribution in [3.63, 3.8) is 0 Å². The van der Waals surface area contributed by atoms with Crippen LogP contribution < -0.4 is 10.5 Å². The number of dihydropyridines is 1. The molecule has 0 amide bonds. The first-order valence-corrected chi connectivity index (χ1v) is 11.2. The quantitative estimate of drug-likeness (QED) is 0.411. The number of allylic oxidation sites excluding steroid dienone is 2. The van der Waals surface area contributed by atoms with E-state index in [1.807, 2.05) is 42.3 Å². The SMILES string of the molecule is COC(=O)C1=C(C)NC(C)=C(C(=O)OCCN(C)Cc2ccccc2)[C@@H]1c1cccc(N([O-])O)c1. The van der Waals surface area contributed by atoms with Crippen molar-refractivity contribution in [1.29, 1.82) is 0 Å². The molecule has 2 aromatic rings. The molecule has 2 N–H and O–H groups in total. The molecule has 1 heterocycles. The summed E-state index contributed by atoms with van der Waals surface area (Å²) < 4.78 is 10.6. The Kier molecular flexibility index (Phi) is 8.64. The lowest BCUT2D eigenvalue weighted by Gasteiger charge is -2.31. The Balaban J connectivity index is 1.83. The number of carbonyl (C=O) groups is 2. The first-order valence-electron chi connectivity index (χ1n) is 11.2. The van der Waals surface area contributed by atoms with Gasteiger partial charge in [0, 0.05) is 24.5 Å². The molecule has 3 rings (SSSR count). The third-order valence-corrected chi connectivity index (χ3v) is 5.81. The van der Waals surface area contributed by atoms with Gasteiger partial charge in [-0.05, 0) is 44.2 Å². The van der Waals surface area contributed by atoms with Crippen LogP contribution in [0.1, 0.15) is 30.9 Å². The number of hydrogen-bond donors (Lipinski definition) is 2. The summed E-state index contributed by atoms with van der Waals surface area (Å²) in [4.78, 5) is 28.0. The molecule has 186 valence electrons. The molecule has 0 unspecified atom stereocenters. The van der Waals surface area contributed by atoms with Crippen molar-refractivity contribution in [2.24, 2.45) is 0 Å². The lowest BCUT2D eigenvalue weighted by Crippen LogP contribution is -2.33. The maximum Gasteiger partial charge on any atom is 0.336 e. The van der Waals surface area contributed by atoms with Crippen molar-refractivity contribution in [1.82, 2.24) is 10.2 Å². The predicted molar refractivity (Wildman–Crippen MR) is 131 cm³/mol. The van der Waals surface area contributed by atoms with E-state index in [0.717, 1.165) is 5.56 Å². The zero-order chi connectivity index (χ0) is 25.5. The first-order chi connectivity index (χ1) is 16.7. The number of anilines is 1. The molecular weight excluding hydrogens is 450 g/mol. The fraction of sp³-hybridized carbons (Fsp3) is 0.308. The minimum atomic E-state index is -0.849. The molecule has 0 bridgehead atoms. The highest BCUT2D eigenvalue weighted by molar-refractivity contribution is 5.99. The van der Waals surface area contributed by atoms with Gasteiger partial charge in [-0.2, -0.15) is 0 Å². The topological polar surface area (TPSA) is 114 Å². The number of esters is 2. The zero-order valence-corrected chi connectivity index (χ0v) is 20.3. The summed E-state index contributed by atoms with van der Waals surface area (Å²) in [5.41, 5.74) is 3.08. The van der Waals surface area contributed by atoms with Crippen LogP contribution in [0, 0.1) is 5.21 Å². The first kappa shape index (κ1) is 26.0. The van der Waals surface area contributed by atoms with Crippen LogP contribution in [0.5, 0.6) is 0 Å². The van der Waals surface area contributed by atoms with Gasteiger partial charge in [0.1, 0.15) is 6.61 Å². The minimum absolute atomic E-state index is 0.0317. The molecule has 0 saturated carbocycles. The second-order valence-corrected chi connectivity index (χ2v) is 8.35. The predicted octanol–water partition coefficient (Wildman–Crippen LogP) is 3.46. The highest BCUT2D eigenvalue weighted by atomic mass is 16.8. The van der Waals surface area contributed by atoms with Gasteiger partial charge in [-0.3, -0.25) is 10.1 Å². The van der Waals surface area contributed by atoms with E-state index in [9.17, 15) is 20.0 Å². The number of ether oxygens (including phenoxy) is 2. The Morgan fingerprint density at radius 2 is 1.69 bits per heavy atom. The Labute approximate surface area is 204 Å². The molecule has 0 aromatic heterocycles. The number of nitrogens with zero attached hydrogens (tertiary/aromatic N) is 2. The van der Waals surface area contributed by atoms with Crippen molar-refractivity contribution in [2.45, 2.75) is 26.3 Å². The van der Waals surface area contributed by atoms with E-state index in [1.165, 1.54) is 19.2 Å². The van der Waals surface area contributed by atoms with Gasteiger partial charge in [-0.15, -0.1) is 0 Å². The average Bonchev–Trinajstić information content (AvgIpc) is 2.83. The highest BCUT2D eigenvalue weighted by Crippen LogP contribution is 2.40. The molecule has 0 fully saturated rings. The van der Waals surface area contributed by atoms with Gasteiger partial charge >= 0.3 is 11.9 Å². The molecule has 1 aliphatic heterocycles. The molecule has 9 heteroatoms. The molecule has 35 heavy (non-hydrogen) atoms. The van der Waals surface area contributed by atoms with Gasteiger partial charge in [0.2, 0.25) is 0 Å². The van der Waals surface area contributed by atoms with Crippen LogP contribution in [0.25, 0.3) is 0 Å². The number of methoxy groups -OCH3 is 1. The summed E-state index contributed by atoms with van der Waals surface area (Å²) in [7, 11) is 3.20. The van der Waals surface area contributed by atoms with Crippen LogP contribution in [0.3, 0.4) is 0 Å². The molecular formula is C26H30N3O6-. The molecule has 0 radical (unpaired) electrons. The molecule has 0 spiro atoms. The normalized spacial score (nSPS) is 15.7. The minimum Gasteiger partial charge on any atom is -0.733 e. The Morgan fingerprint density at radius 1 is 1.03 bits per heavy atom. The monoisotopic (exact) mass is 480 g/mol. The number of hydrogen-bond acceptors (Lipinski definition) is 9. The van der Waals surface area contributed by atoms with Crippen molar-refractivity contribution in [3.05, 3.63) is 93.5 Å². The molecule has 1 atom stereocenters. The Hall–Kier alpha value is -3.66. The van der Waals surface area contributed by atoms with Gasteiger partial charge in [0.15, 0.2) is 0 Å². The summed E-state index contributed by atoms with van der Waals surface area (Å²) in [5, 5.41) is 23.7. The highest BCUT2D eigenvalue weighted by Gasteiger charge is 2.38. The molecule has 1 aliphatic rings. The standard InChI is InChI=1S/C26H30N3O6/c1-17-22(25(30)34-4)24(20-11-8-12-21(15-20)29(32)33)23(18(2)27-17)26(31)35-14-13-28(3)16-19-9-6-5-7-10-19/h5-12,15,24,27,32H,13-14,16H2,1-4H3/q-1/t24-/m1/s1. The van der Waals surface area contributed by atoms with Crippen LogP contribution in [-0.4, -0.2) is 49.4 Å². The van der Waals surface area contributed by atoms with Crippen LogP contribution in [-0.2, 0) is 25.6 Å². The molecule has 0 saturated heterocycles. The van der Waals surface area contributed by atoms with Gasteiger partial charge in [0.25, 0.3) is 0 Å². The Morgan fingerprint density at radius 3 is 2.31 bits per heavy atom. The molecule has 2 aromatic carbocycles. The summed E-state index contributed by atoms with van der Waals surface area (Å²) in [5.74, 6) is -2.05. The van der Waals surface area contributed by atoms with E-state index in [-0.39, 0.29) is 28.7 Å². The van der Waals surface area contributed by atoms with Crippen molar-refractivity contribution in [3.8, 4) is 0 Å². The largest absolute Gasteiger partial charge is 0.733 e. The maximum absolute atomic E-state index is 13.3. The lowest BCUT2D eigenvalue weighted by atomic mass is 9.80. The van der Waals surface area contributed by atoms with Crippen molar-refractivity contribution < 1.29 is 24.3 Å². The second kappa shape index (κ2) is 11.7. The van der Waals surface area contributed by atoms with Gasteiger partial charge in [-0.25, -0.2) is 9.59 Å². The zero-order valence-electron chi connectivity index (χ0n) is 20.3. The van der Waals surface area contributed by atoms with Crippen molar-refractivity contribution >= 4 is 17.6 Å². The summed E-state index contributed by atoms with van der Waals surface area (Å²) in [6, 6.07) is 16.0. The maximum atomic E-state index is 13.3. The number of nitrogens with one attached hydrogen (secondary N) is 1. The van der Waals surface area contributed by atoms with Crippen LogP contribution in [0.2, 0.25) is 0 Å². The van der Waals surface area contributed by atoms with E-state index >= 15 is 0 Å². The van der Waals surface area contributed by atoms with Crippen LogP contribution in [0.4, 0.5) is 5.69 Å². The molecule has 9 nitrogen and oxygen atoms in total. The fourth-order valence-corrected chi connectivity index (χ4v) is 4.15. The van der Waals surface area contributed by atoms with Crippen molar-refractivity contribution in [2.75, 3.05) is 32.5 Å². The number of likely N-dealkylation sites (N-methyl/N-ethyl adjacent to an activating group) is 1. The van der Waals surface area contributed by atoms with Crippen LogP contribution >= 0.6 is 0 Å². The van der Waals surface area contributed by atoms with Crippen LogP contribution in [0.15, 0.2) is 77.1 Å². The third kappa shape index (κ3) is 6.27. The van der Waals surface area contributed by atoms with Gasteiger partial charge < -0.3 is 25.2 Å². The van der Waals surface area contributed by atoms with E-state index in [0.29, 0.717) is 30.0 Å². The van der Waals surface area contributed by atoms with E-state index in [2.05, 4.69) is 5.32 Å². The number of benzene rings is 2. The summed E-state index contributed by atoms with van der Waals surface area (Å²) >= 11 is 0. The third-order valence-electron chi connectivity index (χ3n) is 5.81. The average molecular weight is 481 g/mol. The second-order valence-electron chi connectivity index (χ2n) is 8.35. The lowest BCUT2D eigenvalue weighted by molar-refractivity contribution is -0.139. The van der Waals surface area contributed by atoms with Gasteiger partial charge in [0.05, 0.1) is 29.9 Å². The number of rotatable bonds is 9. The van der Waals surface area contributed by atoms with E-state index < -0.39 is 17.9 Å². The van der Waals surface area contributed by atoms with E-state index in [1.54, 1.807) is 26.0 Å². The van der Waals surface area contributed by atoms with E-state index in [4.69, 9.17) is 9.47 Å². The van der Waals surface area contributed by atoms with Gasteiger partial charge in [-0.1, -0.05) is 42.5 Å². The molecule has 0 aliphatic carbocycles. The Bertz CT molecular complexity index is 1130. The smallest absolute Gasteiger partial charge is 0.336 e. The summed E-state index contributed by atoms with van der Waals surface area (Å²) in [6.07, 6.45) is 0. The number of carbonyl (C=O) groups excluding carboxylic acids is 2. The fourth-order valence-electron chi connectivity index (χ4n) is 4.15. The summed E-state index contributed by atoms with van der Waals surface area (Å²) in [6.45, 7) is 4.79.